The van der Waals surface area contributed by atoms with Crippen LogP contribution in [0.3, 0.4) is 0 Å². The molecule has 1 rings (SSSR count). The molecule has 0 aromatic carbocycles. The second-order valence-corrected chi connectivity index (χ2v) is 6.60. The average molecular weight is 361 g/mol. The van der Waals surface area contributed by atoms with E-state index in [1.807, 2.05) is 26.0 Å². The Morgan fingerprint density at radius 1 is 1.55 bits per heavy atom. The SMILES string of the molecule is CCOC(=O)C(C)(CCCSc1ccc(Br)cn1)NC. The summed E-state index contributed by atoms with van der Waals surface area (Å²) in [5.41, 5.74) is -0.607. The van der Waals surface area contributed by atoms with Gasteiger partial charge in [0, 0.05) is 10.7 Å². The first kappa shape index (κ1) is 17.5. The quantitative estimate of drug-likeness (QED) is 0.438. The number of carbonyl (C=O) groups is 1. The number of aromatic nitrogens is 1. The Morgan fingerprint density at radius 2 is 2.30 bits per heavy atom. The lowest BCUT2D eigenvalue weighted by atomic mass is 9.97. The van der Waals surface area contributed by atoms with E-state index in [0.717, 1.165) is 28.1 Å². The Hall–Kier alpha value is -0.590. The molecular formula is C14H21BrN2O2S. The minimum Gasteiger partial charge on any atom is -0.465 e. The molecule has 0 radical (unpaired) electrons. The zero-order chi connectivity index (χ0) is 15.0. The predicted molar refractivity (Wildman–Crippen MR) is 86.0 cm³/mol. The van der Waals surface area contributed by atoms with Crippen LogP contribution in [0.5, 0.6) is 0 Å². The monoisotopic (exact) mass is 360 g/mol. The molecule has 112 valence electrons. The van der Waals surface area contributed by atoms with Crippen LogP contribution in [0.4, 0.5) is 0 Å². The predicted octanol–water partition coefficient (Wildman–Crippen LogP) is 3.26. The van der Waals surface area contributed by atoms with Crippen LogP contribution in [0.2, 0.25) is 0 Å². The molecule has 1 N–H and O–H groups in total. The van der Waals surface area contributed by atoms with Crippen LogP contribution in [0, 0.1) is 0 Å². The van der Waals surface area contributed by atoms with Gasteiger partial charge in [0.15, 0.2) is 0 Å². The van der Waals surface area contributed by atoms with E-state index in [2.05, 4.69) is 26.2 Å². The number of likely N-dealkylation sites (N-methyl/N-ethyl adjacent to an activating group) is 1. The van der Waals surface area contributed by atoms with Crippen molar-refractivity contribution in [1.82, 2.24) is 10.3 Å². The van der Waals surface area contributed by atoms with Gasteiger partial charge in [-0.25, -0.2) is 4.98 Å². The molecule has 1 unspecified atom stereocenters. The number of nitrogens with zero attached hydrogens (tertiary/aromatic N) is 1. The molecular weight excluding hydrogens is 340 g/mol. The van der Waals surface area contributed by atoms with Crippen molar-refractivity contribution in [2.45, 2.75) is 37.3 Å². The molecule has 0 saturated carbocycles. The summed E-state index contributed by atoms with van der Waals surface area (Å²) >= 11 is 5.06. The smallest absolute Gasteiger partial charge is 0.326 e. The fourth-order valence-corrected chi connectivity index (χ4v) is 2.69. The number of carbonyl (C=O) groups excluding carboxylic acids is 1. The van der Waals surface area contributed by atoms with Crippen LogP contribution in [0.25, 0.3) is 0 Å². The number of hydrogen-bond donors (Lipinski definition) is 1. The minimum atomic E-state index is -0.607. The highest BCUT2D eigenvalue weighted by Gasteiger charge is 2.32. The van der Waals surface area contributed by atoms with Gasteiger partial charge in [-0.1, -0.05) is 0 Å². The van der Waals surface area contributed by atoms with Crippen LogP contribution >= 0.6 is 27.7 Å². The van der Waals surface area contributed by atoms with Gasteiger partial charge in [-0.05, 0) is 67.6 Å². The largest absolute Gasteiger partial charge is 0.465 e. The fourth-order valence-electron chi connectivity index (χ4n) is 1.67. The van der Waals surface area contributed by atoms with Gasteiger partial charge in [0.05, 0.1) is 11.6 Å². The van der Waals surface area contributed by atoms with Crippen molar-refractivity contribution >= 4 is 33.7 Å². The summed E-state index contributed by atoms with van der Waals surface area (Å²) in [7, 11) is 1.79. The number of ether oxygens (including phenoxy) is 1. The van der Waals surface area contributed by atoms with Gasteiger partial charge >= 0.3 is 5.97 Å². The van der Waals surface area contributed by atoms with Crippen LogP contribution in [-0.2, 0) is 9.53 Å². The standard InChI is InChI=1S/C14H21BrN2O2S/c1-4-19-13(18)14(2,16-3)8-5-9-20-12-7-6-11(15)10-17-12/h6-7,10,16H,4-5,8-9H2,1-3H3. The Bertz CT molecular complexity index is 428. The number of esters is 1. The van der Waals surface area contributed by atoms with Gasteiger partial charge in [-0.15, -0.1) is 11.8 Å². The Morgan fingerprint density at radius 3 is 2.85 bits per heavy atom. The minimum absolute atomic E-state index is 0.186. The van der Waals surface area contributed by atoms with Crippen molar-refractivity contribution in [2.75, 3.05) is 19.4 Å². The summed E-state index contributed by atoms with van der Waals surface area (Å²) in [6, 6.07) is 3.96. The molecule has 0 amide bonds. The average Bonchev–Trinajstić information content (AvgIpc) is 2.45. The third-order valence-corrected chi connectivity index (χ3v) is 4.55. The molecule has 1 aromatic heterocycles. The highest BCUT2D eigenvalue weighted by atomic mass is 79.9. The summed E-state index contributed by atoms with van der Waals surface area (Å²) in [5.74, 6) is 0.736. The molecule has 6 heteroatoms. The second-order valence-electron chi connectivity index (χ2n) is 4.57. The maximum absolute atomic E-state index is 11.9. The highest BCUT2D eigenvalue weighted by molar-refractivity contribution is 9.10. The number of thioether (sulfide) groups is 1. The molecule has 0 aliphatic carbocycles. The molecule has 0 spiro atoms. The lowest BCUT2D eigenvalue weighted by Gasteiger charge is -2.26. The third kappa shape index (κ3) is 5.42. The van der Waals surface area contributed by atoms with Crippen molar-refractivity contribution in [2.24, 2.45) is 0 Å². The molecule has 0 fully saturated rings. The molecule has 20 heavy (non-hydrogen) atoms. The Balaban J connectivity index is 2.38. The summed E-state index contributed by atoms with van der Waals surface area (Å²) < 4.78 is 6.08. The maximum atomic E-state index is 11.9. The van der Waals surface area contributed by atoms with Gasteiger partial charge in [0.1, 0.15) is 5.54 Å². The second kappa shape index (κ2) is 8.64. The zero-order valence-electron chi connectivity index (χ0n) is 12.1. The lowest BCUT2D eigenvalue weighted by Crippen LogP contribution is -2.48. The molecule has 4 nitrogen and oxygen atoms in total. The van der Waals surface area contributed by atoms with Gasteiger partial charge < -0.3 is 10.1 Å². The van der Waals surface area contributed by atoms with Gasteiger partial charge in [-0.3, -0.25) is 4.79 Å². The Labute approximate surface area is 133 Å². The molecule has 0 aliphatic heterocycles. The number of halogens is 1. The highest BCUT2D eigenvalue weighted by Crippen LogP contribution is 2.21. The normalized spacial score (nSPS) is 13.8. The van der Waals surface area contributed by atoms with Crippen LogP contribution in [-0.4, -0.2) is 35.9 Å². The molecule has 0 aliphatic rings. The topological polar surface area (TPSA) is 51.2 Å². The van der Waals surface area contributed by atoms with E-state index in [0.29, 0.717) is 6.61 Å². The Kier molecular flexibility index (Phi) is 7.55. The third-order valence-electron chi connectivity index (χ3n) is 3.05. The van der Waals surface area contributed by atoms with Crippen molar-refractivity contribution in [3.05, 3.63) is 22.8 Å². The van der Waals surface area contributed by atoms with Gasteiger partial charge in [0.2, 0.25) is 0 Å². The van der Waals surface area contributed by atoms with Crippen LogP contribution < -0.4 is 5.32 Å². The van der Waals surface area contributed by atoms with Crippen molar-refractivity contribution in [3.8, 4) is 0 Å². The molecule has 1 aromatic rings. The first-order chi connectivity index (χ1) is 9.51. The van der Waals surface area contributed by atoms with Gasteiger partial charge in [-0.2, -0.15) is 0 Å². The fraction of sp³-hybridized carbons (Fsp3) is 0.571. The summed E-state index contributed by atoms with van der Waals surface area (Å²) in [5, 5.41) is 4.06. The lowest BCUT2D eigenvalue weighted by molar-refractivity contribution is -0.150. The molecule has 1 heterocycles. The maximum Gasteiger partial charge on any atom is 0.326 e. The van der Waals surface area contributed by atoms with Crippen molar-refractivity contribution < 1.29 is 9.53 Å². The number of rotatable bonds is 8. The van der Waals surface area contributed by atoms with E-state index >= 15 is 0 Å². The van der Waals surface area contributed by atoms with Crippen molar-refractivity contribution in [3.63, 3.8) is 0 Å². The van der Waals surface area contributed by atoms with E-state index in [9.17, 15) is 4.79 Å². The van der Waals surface area contributed by atoms with Crippen LogP contribution in [0.1, 0.15) is 26.7 Å². The first-order valence-electron chi connectivity index (χ1n) is 6.62. The van der Waals surface area contributed by atoms with Gasteiger partial charge in [0.25, 0.3) is 0 Å². The van der Waals surface area contributed by atoms with E-state index in [-0.39, 0.29) is 5.97 Å². The first-order valence-corrected chi connectivity index (χ1v) is 8.40. The molecule has 0 saturated heterocycles. The zero-order valence-corrected chi connectivity index (χ0v) is 14.5. The number of nitrogens with one attached hydrogen (secondary N) is 1. The summed E-state index contributed by atoms with van der Waals surface area (Å²) in [4.78, 5) is 16.2. The summed E-state index contributed by atoms with van der Waals surface area (Å²) in [6.07, 6.45) is 3.45. The van der Waals surface area contributed by atoms with Crippen molar-refractivity contribution in [1.29, 1.82) is 0 Å². The number of pyridine rings is 1. The van der Waals surface area contributed by atoms with E-state index < -0.39 is 5.54 Å². The molecule has 0 bridgehead atoms. The van der Waals surface area contributed by atoms with E-state index in [4.69, 9.17) is 4.74 Å². The van der Waals surface area contributed by atoms with E-state index in [1.165, 1.54) is 0 Å². The van der Waals surface area contributed by atoms with Crippen LogP contribution in [0.15, 0.2) is 27.8 Å². The van der Waals surface area contributed by atoms with E-state index in [1.54, 1.807) is 25.0 Å². The molecule has 1 atom stereocenters. The summed E-state index contributed by atoms with van der Waals surface area (Å²) in [6.45, 7) is 4.12. The number of hydrogen-bond acceptors (Lipinski definition) is 5.